The third-order valence-corrected chi connectivity index (χ3v) is 4.70. The maximum atomic E-state index is 4.54. The molecule has 1 aromatic carbocycles. The Hall–Kier alpha value is -1.09. The summed E-state index contributed by atoms with van der Waals surface area (Å²) >= 11 is 3.48. The van der Waals surface area contributed by atoms with Crippen molar-refractivity contribution in [2.45, 2.75) is 38.5 Å². The standard InChI is InChI=1S/C17H21BrN2/c18-15-11-14-7-4-8-16(17(14)20-12-15)19-10-9-13-5-2-1-3-6-13/h4,7-8,11-13,19H,1-3,5-6,9-10H2. The molecule has 0 spiro atoms. The van der Waals surface area contributed by atoms with Crippen molar-refractivity contribution in [3.8, 4) is 0 Å². The molecule has 1 fully saturated rings. The van der Waals surface area contributed by atoms with Crippen LogP contribution in [-0.2, 0) is 0 Å². The highest BCUT2D eigenvalue weighted by Gasteiger charge is 2.12. The third kappa shape index (κ3) is 3.32. The first kappa shape index (κ1) is 13.9. The average molecular weight is 333 g/mol. The topological polar surface area (TPSA) is 24.9 Å². The second-order valence-electron chi connectivity index (χ2n) is 5.75. The van der Waals surface area contributed by atoms with Gasteiger partial charge in [-0.3, -0.25) is 4.98 Å². The first-order valence-corrected chi connectivity index (χ1v) is 8.40. The number of para-hydroxylation sites is 1. The maximum Gasteiger partial charge on any atom is 0.0934 e. The molecule has 106 valence electrons. The first-order chi connectivity index (χ1) is 9.83. The van der Waals surface area contributed by atoms with Gasteiger partial charge < -0.3 is 5.32 Å². The smallest absolute Gasteiger partial charge is 0.0934 e. The van der Waals surface area contributed by atoms with Gasteiger partial charge in [-0.05, 0) is 40.4 Å². The molecule has 1 N–H and O–H groups in total. The highest BCUT2D eigenvalue weighted by atomic mass is 79.9. The fourth-order valence-corrected chi connectivity index (χ4v) is 3.51. The van der Waals surface area contributed by atoms with Gasteiger partial charge in [0.15, 0.2) is 0 Å². The van der Waals surface area contributed by atoms with Crippen LogP contribution in [0, 0.1) is 5.92 Å². The van der Waals surface area contributed by atoms with Crippen molar-refractivity contribution in [3.05, 3.63) is 34.9 Å². The molecule has 0 radical (unpaired) electrons. The molecule has 1 aliphatic carbocycles. The summed E-state index contributed by atoms with van der Waals surface area (Å²) in [5.74, 6) is 0.924. The fraction of sp³-hybridized carbons (Fsp3) is 0.471. The number of aromatic nitrogens is 1. The van der Waals surface area contributed by atoms with E-state index in [-0.39, 0.29) is 0 Å². The van der Waals surface area contributed by atoms with Gasteiger partial charge in [0.2, 0.25) is 0 Å². The van der Waals surface area contributed by atoms with Crippen molar-refractivity contribution in [2.75, 3.05) is 11.9 Å². The molecule has 0 amide bonds. The van der Waals surface area contributed by atoms with Gasteiger partial charge in [-0.1, -0.05) is 44.2 Å². The van der Waals surface area contributed by atoms with Gasteiger partial charge in [-0.25, -0.2) is 0 Å². The average Bonchev–Trinajstić information content (AvgIpc) is 2.48. The number of rotatable bonds is 4. The lowest BCUT2D eigenvalue weighted by Crippen LogP contribution is -2.12. The lowest BCUT2D eigenvalue weighted by Gasteiger charge is -2.21. The van der Waals surface area contributed by atoms with Gasteiger partial charge in [0, 0.05) is 22.6 Å². The number of hydrogen-bond acceptors (Lipinski definition) is 2. The van der Waals surface area contributed by atoms with Crippen LogP contribution in [-0.4, -0.2) is 11.5 Å². The summed E-state index contributed by atoms with van der Waals surface area (Å²) < 4.78 is 1.03. The number of nitrogens with one attached hydrogen (secondary N) is 1. The van der Waals surface area contributed by atoms with Crippen LogP contribution in [0.5, 0.6) is 0 Å². The molecule has 0 saturated heterocycles. The molecule has 1 saturated carbocycles. The molecule has 20 heavy (non-hydrogen) atoms. The Morgan fingerprint density at radius 2 is 2.05 bits per heavy atom. The fourth-order valence-electron chi connectivity index (χ4n) is 3.16. The zero-order valence-corrected chi connectivity index (χ0v) is 13.3. The van der Waals surface area contributed by atoms with Crippen LogP contribution in [0.1, 0.15) is 38.5 Å². The van der Waals surface area contributed by atoms with Crippen LogP contribution in [0.2, 0.25) is 0 Å². The monoisotopic (exact) mass is 332 g/mol. The second kappa shape index (κ2) is 6.57. The minimum Gasteiger partial charge on any atom is -0.383 e. The van der Waals surface area contributed by atoms with Crippen LogP contribution >= 0.6 is 15.9 Å². The van der Waals surface area contributed by atoms with Crippen molar-refractivity contribution >= 4 is 32.5 Å². The van der Waals surface area contributed by atoms with E-state index in [1.807, 2.05) is 6.20 Å². The lowest BCUT2D eigenvalue weighted by atomic mass is 9.87. The van der Waals surface area contributed by atoms with Crippen LogP contribution in [0.4, 0.5) is 5.69 Å². The van der Waals surface area contributed by atoms with Crippen molar-refractivity contribution in [2.24, 2.45) is 5.92 Å². The minimum absolute atomic E-state index is 0.924. The molecule has 0 bridgehead atoms. The molecule has 2 nitrogen and oxygen atoms in total. The first-order valence-electron chi connectivity index (χ1n) is 7.61. The van der Waals surface area contributed by atoms with Crippen molar-refractivity contribution in [1.29, 1.82) is 0 Å². The lowest BCUT2D eigenvalue weighted by molar-refractivity contribution is 0.345. The number of nitrogens with zero attached hydrogens (tertiary/aromatic N) is 1. The van der Waals surface area contributed by atoms with E-state index in [2.05, 4.69) is 50.5 Å². The Morgan fingerprint density at radius 1 is 1.20 bits per heavy atom. The number of anilines is 1. The van der Waals surface area contributed by atoms with Gasteiger partial charge in [0.25, 0.3) is 0 Å². The Balaban J connectivity index is 1.65. The highest BCUT2D eigenvalue weighted by molar-refractivity contribution is 9.10. The van der Waals surface area contributed by atoms with Crippen LogP contribution < -0.4 is 5.32 Å². The normalized spacial score (nSPS) is 16.4. The number of halogens is 1. The molecule has 1 heterocycles. The van der Waals surface area contributed by atoms with E-state index in [0.29, 0.717) is 0 Å². The van der Waals surface area contributed by atoms with Crippen molar-refractivity contribution in [1.82, 2.24) is 4.98 Å². The third-order valence-electron chi connectivity index (χ3n) is 4.27. The van der Waals surface area contributed by atoms with E-state index < -0.39 is 0 Å². The Labute approximate surface area is 129 Å². The Kier molecular flexibility index (Phi) is 4.56. The van der Waals surface area contributed by atoms with E-state index in [9.17, 15) is 0 Å². The zero-order chi connectivity index (χ0) is 13.8. The van der Waals surface area contributed by atoms with E-state index in [0.717, 1.165) is 28.1 Å². The van der Waals surface area contributed by atoms with E-state index in [4.69, 9.17) is 0 Å². The quantitative estimate of drug-likeness (QED) is 0.812. The predicted octanol–water partition coefficient (Wildman–Crippen LogP) is 5.38. The van der Waals surface area contributed by atoms with Gasteiger partial charge in [0.05, 0.1) is 11.2 Å². The molecule has 0 aliphatic heterocycles. The summed E-state index contributed by atoms with van der Waals surface area (Å²) in [7, 11) is 0. The summed E-state index contributed by atoms with van der Waals surface area (Å²) in [5, 5.41) is 4.76. The number of benzene rings is 1. The summed E-state index contributed by atoms with van der Waals surface area (Å²) in [6.45, 7) is 1.06. The summed E-state index contributed by atoms with van der Waals surface area (Å²) in [5.41, 5.74) is 2.23. The van der Waals surface area contributed by atoms with Crippen LogP contribution in [0.25, 0.3) is 10.9 Å². The molecule has 3 heteroatoms. The molecular weight excluding hydrogens is 312 g/mol. The van der Waals surface area contributed by atoms with Gasteiger partial charge >= 0.3 is 0 Å². The highest BCUT2D eigenvalue weighted by Crippen LogP contribution is 2.27. The van der Waals surface area contributed by atoms with Crippen molar-refractivity contribution in [3.63, 3.8) is 0 Å². The van der Waals surface area contributed by atoms with E-state index in [1.165, 1.54) is 43.9 Å². The molecule has 2 aromatic rings. The van der Waals surface area contributed by atoms with Gasteiger partial charge in [-0.15, -0.1) is 0 Å². The molecule has 0 unspecified atom stereocenters. The zero-order valence-electron chi connectivity index (χ0n) is 11.7. The van der Waals surface area contributed by atoms with E-state index >= 15 is 0 Å². The molecular formula is C17H21BrN2. The van der Waals surface area contributed by atoms with E-state index in [1.54, 1.807) is 0 Å². The second-order valence-corrected chi connectivity index (χ2v) is 6.67. The molecule has 0 atom stereocenters. The van der Waals surface area contributed by atoms with Crippen molar-refractivity contribution < 1.29 is 0 Å². The number of fused-ring (bicyclic) bond motifs is 1. The summed E-state index contributed by atoms with van der Waals surface area (Å²) in [4.78, 5) is 4.54. The number of pyridine rings is 1. The summed E-state index contributed by atoms with van der Waals surface area (Å²) in [6.07, 6.45) is 10.3. The molecule has 1 aromatic heterocycles. The van der Waals surface area contributed by atoms with Gasteiger partial charge in [0.1, 0.15) is 0 Å². The molecule has 1 aliphatic rings. The van der Waals surface area contributed by atoms with Gasteiger partial charge in [-0.2, -0.15) is 0 Å². The predicted molar refractivity (Wildman–Crippen MR) is 89.1 cm³/mol. The molecule has 3 rings (SSSR count). The van der Waals surface area contributed by atoms with Crippen LogP contribution in [0.15, 0.2) is 34.9 Å². The SMILES string of the molecule is Brc1cnc2c(NCCC3CCCCC3)cccc2c1. The maximum absolute atomic E-state index is 4.54. The Morgan fingerprint density at radius 3 is 2.90 bits per heavy atom. The number of hydrogen-bond donors (Lipinski definition) is 1. The largest absolute Gasteiger partial charge is 0.383 e. The van der Waals surface area contributed by atoms with Crippen LogP contribution in [0.3, 0.4) is 0 Å². The minimum atomic E-state index is 0.924. The Bertz CT molecular complexity index is 576. The summed E-state index contributed by atoms with van der Waals surface area (Å²) in [6, 6.07) is 8.46.